The lowest BCUT2D eigenvalue weighted by atomic mass is 9.79. The van der Waals surface area contributed by atoms with Gasteiger partial charge in [0.1, 0.15) is 5.75 Å². The highest BCUT2D eigenvalue weighted by Crippen LogP contribution is 2.31. The van der Waals surface area contributed by atoms with E-state index in [1.165, 1.54) is 0 Å². The van der Waals surface area contributed by atoms with Gasteiger partial charge in [-0.2, -0.15) is 0 Å². The summed E-state index contributed by atoms with van der Waals surface area (Å²) < 4.78 is 5.32. The summed E-state index contributed by atoms with van der Waals surface area (Å²) in [6, 6.07) is 5.59. The molecule has 0 aliphatic heterocycles. The van der Waals surface area contributed by atoms with E-state index in [0.29, 0.717) is 18.1 Å². The minimum absolute atomic E-state index is 0.557. The molecule has 20 heavy (non-hydrogen) atoms. The Balaban J connectivity index is 1.88. The molecule has 112 valence electrons. The summed E-state index contributed by atoms with van der Waals surface area (Å²) in [5.41, 5.74) is 0.464. The molecule has 0 unspecified atom stereocenters. The third-order valence-electron chi connectivity index (χ3n) is 4.22. The molecule has 1 aromatic carbocycles. The number of rotatable bonds is 5. The third-order valence-corrected chi connectivity index (χ3v) is 4.45. The molecule has 0 aromatic heterocycles. The van der Waals surface area contributed by atoms with Crippen molar-refractivity contribution < 1.29 is 9.84 Å². The van der Waals surface area contributed by atoms with E-state index < -0.39 is 5.60 Å². The lowest BCUT2D eigenvalue weighted by Crippen LogP contribution is -2.43. The molecule has 1 aliphatic rings. The fraction of sp³-hybridized carbons (Fsp3) is 0.625. The maximum Gasteiger partial charge on any atom is 0.123 e. The second-order valence-corrected chi connectivity index (χ2v) is 6.40. The molecule has 1 aliphatic carbocycles. The molecule has 0 spiro atoms. The molecular formula is C16H24ClNO2. The molecule has 0 saturated heterocycles. The van der Waals surface area contributed by atoms with Crippen LogP contribution in [0.3, 0.4) is 0 Å². The first-order chi connectivity index (χ1) is 9.52. The predicted octanol–water partition coefficient (Wildman–Crippen LogP) is 3.38. The maximum atomic E-state index is 10.5. The van der Waals surface area contributed by atoms with Crippen molar-refractivity contribution in [2.75, 3.05) is 13.7 Å². The molecule has 4 heteroatoms. The highest BCUT2D eigenvalue weighted by molar-refractivity contribution is 6.30. The van der Waals surface area contributed by atoms with Crippen LogP contribution in [-0.2, 0) is 6.54 Å². The van der Waals surface area contributed by atoms with E-state index in [0.717, 1.165) is 42.9 Å². The summed E-state index contributed by atoms with van der Waals surface area (Å²) >= 11 is 6.01. The number of halogens is 1. The van der Waals surface area contributed by atoms with Crippen LogP contribution >= 0.6 is 11.6 Å². The predicted molar refractivity (Wildman–Crippen MR) is 82.3 cm³/mol. The molecule has 0 atom stereocenters. The van der Waals surface area contributed by atoms with Gasteiger partial charge >= 0.3 is 0 Å². The lowest BCUT2D eigenvalue weighted by Gasteiger charge is -2.35. The van der Waals surface area contributed by atoms with Gasteiger partial charge in [-0.15, -0.1) is 0 Å². The van der Waals surface area contributed by atoms with Crippen LogP contribution in [0.1, 0.15) is 38.2 Å². The van der Waals surface area contributed by atoms with Crippen LogP contribution in [0.4, 0.5) is 0 Å². The molecule has 0 heterocycles. The molecular weight excluding hydrogens is 274 g/mol. The van der Waals surface area contributed by atoms with Gasteiger partial charge in [-0.3, -0.25) is 0 Å². The van der Waals surface area contributed by atoms with Crippen molar-refractivity contribution in [2.24, 2.45) is 5.92 Å². The Morgan fingerprint density at radius 2 is 2.10 bits per heavy atom. The van der Waals surface area contributed by atoms with Crippen molar-refractivity contribution in [1.82, 2.24) is 5.32 Å². The van der Waals surface area contributed by atoms with Gasteiger partial charge in [-0.1, -0.05) is 18.5 Å². The van der Waals surface area contributed by atoms with Gasteiger partial charge in [0.2, 0.25) is 0 Å². The fourth-order valence-corrected chi connectivity index (χ4v) is 2.99. The van der Waals surface area contributed by atoms with Crippen LogP contribution < -0.4 is 10.1 Å². The molecule has 0 amide bonds. The zero-order chi connectivity index (χ0) is 14.6. The van der Waals surface area contributed by atoms with Crippen molar-refractivity contribution in [3.8, 4) is 5.75 Å². The van der Waals surface area contributed by atoms with Gasteiger partial charge in [-0.25, -0.2) is 0 Å². The van der Waals surface area contributed by atoms with E-state index in [1.54, 1.807) is 7.11 Å². The number of hydrogen-bond acceptors (Lipinski definition) is 3. The molecule has 1 fully saturated rings. The number of aliphatic hydroxyl groups is 1. The Labute approximate surface area is 126 Å². The highest BCUT2D eigenvalue weighted by Gasteiger charge is 2.31. The quantitative estimate of drug-likeness (QED) is 0.875. The van der Waals surface area contributed by atoms with Gasteiger partial charge in [-0.05, 0) is 49.8 Å². The first kappa shape index (κ1) is 15.6. The van der Waals surface area contributed by atoms with Gasteiger partial charge in [0, 0.05) is 23.7 Å². The third kappa shape index (κ3) is 4.11. The van der Waals surface area contributed by atoms with Crippen molar-refractivity contribution in [1.29, 1.82) is 0 Å². The number of nitrogens with one attached hydrogen (secondary N) is 1. The van der Waals surface area contributed by atoms with Crippen LogP contribution in [0.25, 0.3) is 0 Å². The number of benzene rings is 1. The summed E-state index contributed by atoms with van der Waals surface area (Å²) in [6.45, 7) is 3.53. The Bertz CT molecular complexity index is 442. The van der Waals surface area contributed by atoms with Crippen LogP contribution in [0.15, 0.2) is 18.2 Å². The van der Waals surface area contributed by atoms with Crippen LogP contribution in [0.5, 0.6) is 5.75 Å². The Kier molecular flexibility index (Phi) is 5.30. The van der Waals surface area contributed by atoms with Crippen LogP contribution in [-0.4, -0.2) is 24.4 Å². The van der Waals surface area contributed by atoms with E-state index in [1.807, 2.05) is 18.2 Å². The van der Waals surface area contributed by atoms with Crippen molar-refractivity contribution in [3.05, 3.63) is 28.8 Å². The first-order valence-electron chi connectivity index (χ1n) is 7.28. The summed E-state index contributed by atoms with van der Waals surface area (Å²) in [6.07, 6.45) is 3.99. The Morgan fingerprint density at radius 3 is 2.75 bits per heavy atom. The summed E-state index contributed by atoms with van der Waals surface area (Å²) in [5, 5.41) is 14.6. The first-order valence-corrected chi connectivity index (χ1v) is 7.66. The smallest absolute Gasteiger partial charge is 0.123 e. The molecule has 2 N–H and O–H groups in total. The normalized spacial score (nSPS) is 26.5. The van der Waals surface area contributed by atoms with Crippen molar-refractivity contribution in [2.45, 2.75) is 44.8 Å². The largest absolute Gasteiger partial charge is 0.496 e. The molecule has 2 rings (SSSR count). The van der Waals surface area contributed by atoms with E-state index >= 15 is 0 Å². The molecule has 1 saturated carbocycles. The molecule has 1 aromatic rings. The van der Waals surface area contributed by atoms with Gasteiger partial charge in [0.15, 0.2) is 0 Å². The lowest BCUT2D eigenvalue weighted by molar-refractivity contribution is -0.00633. The summed E-state index contributed by atoms with van der Waals surface area (Å²) in [5.74, 6) is 1.56. The maximum absolute atomic E-state index is 10.5. The second-order valence-electron chi connectivity index (χ2n) is 5.97. The standard InChI is InChI=1S/C16H24ClNO2/c1-12-5-7-16(19,8-6-12)11-18-10-13-9-14(17)3-4-15(13)20-2/h3-4,9,12,18-19H,5-8,10-11H2,1-2H3. The van der Waals surface area contributed by atoms with Crippen molar-refractivity contribution in [3.63, 3.8) is 0 Å². The highest BCUT2D eigenvalue weighted by atomic mass is 35.5. The zero-order valence-corrected chi connectivity index (χ0v) is 13.0. The summed E-state index contributed by atoms with van der Waals surface area (Å²) in [7, 11) is 1.66. The average molecular weight is 298 g/mol. The van der Waals surface area contributed by atoms with Crippen LogP contribution in [0, 0.1) is 5.92 Å². The summed E-state index contributed by atoms with van der Waals surface area (Å²) in [4.78, 5) is 0. The number of methoxy groups -OCH3 is 1. The van der Waals surface area contributed by atoms with E-state index in [9.17, 15) is 5.11 Å². The minimum atomic E-state index is -0.557. The second kappa shape index (κ2) is 6.79. The monoisotopic (exact) mass is 297 g/mol. The van der Waals surface area contributed by atoms with E-state index in [4.69, 9.17) is 16.3 Å². The SMILES string of the molecule is COc1ccc(Cl)cc1CNCC1(O)CCC(C)CC1. The minimum Gasteiger partial charge on any atom is -0.496 e. The zero-order valence-electron chi connectivity index (χ0n) is 12.3. The van der Waals surface area contributed by atoms with Crippen molar-refractivity contribution >= 4 is 11.6 Å². The average Bonchev–Trinajstić information content (AvgIpc) is 2.43. The number of hydrogen-bond donors (Lipinski definition) is 2. The molecule has 0 radical (unpaired) electrons. The van der Waals surface area contributed by atoms with Crippen LogP contribution in [0.2, 0.25) is 5.02 Å². The number of ether oxygens (including phenoxy) is 1. The molecule has 0 bridgehead atoms. The van der Waals surface area contributed by atoms with E-state index in [-0.39, 0.29) is 0 Å². The van der Waals surface area contributed by atoms with Gasteiger partial charge < -0.3 is 15.2 Å². The van der Waals surface area contributed by atoms with E-state index in [2.05, 4.69) is 12.2 Å². The van der Waals surface area contributed by atoms with Gasteiger partial charge in [0.05, 0.1) is 12.7 Å². The molecule has 3 nitrogen and oxygen atoms in total. The Morgan fingerprint density at radius 1 is 1.40 bits per heavy atom. The van der Waals surface area contributed by atoms with Gasteiger partial charge in [0.25, 0.3) is 0 Å². The Hall–Kier alpha value is -0.770. The fourth-order valence-electron chi connectivity index (χ4n) is 2.79. The topological polar surface area (TPSA) is 41.5 Å².